The Morgan fingerprint density at radius 2 is 2.23 bits per heavy atom. The molecule has 0 amide bonds. The Morgan fingerprint density at radius 3 is 2.77 bits per heavy atom. The van der Waals surface area contributed by atoms with E-state index in [1.165, 1.54) is 5.56 Å². The summed E-state index contributed by atoms with van der Waals surface area (Å²) in [7, 11) is 0. The van der Waals surface area contributed by atoms with Crippen LogP contribution < -0.4 is 0 Å². The standard InChI is InChI=1S/C11H15NO/c1-9-7-12-5-4-10(9)6-11(2,3)8-13/h4-5,7-8H,6H2,1-3H3. The molecule has 0 N–H and O–H groups in total. The van der Waals surface area contributed by atoms with Crippen molar-refractivity contribution >= 4 is 6.29 Å². The summed E-state index contributed by atoms with van der Waals surface area (Å²) in [4.78, 5) is 14.7. The maximum Gasteiger partial charge on any atom is 0.125 e. The molecular formula is C11H15NO. The van der Waals surface area contributed by atoms with Crippen molar-refractivity contribution < 1.29 is 4.79 Å². The van der Waals surface area contributed by atoms with Crippen LogP contribution in [0.4, 0.5) is 0 Å². The summed E-state index contributed by atoms with van der Waals surface area (Å²) in [6.07, 6.45) is 5.39. The normalized spacial score (nSPS) is 11.3. The Labute approximate surface area is 79.0 Å². The number of aryl methyl sites for hydroxylation is 1. The average Bonchev–Trinajstić information content (AvgIpc) is 2.09. The summed E-state index contributed by atoms with van der Waals surface area (Å²) in [5.74, 6) is 0. The van der Waals surface area contributed by atoms with Crippen LogP contribution in [0.1, 0.15) is 25.0 Å². The Bertz CT molecular complexity index is 305. The van der Waals surface area contributed by atoms with Crippen molar-refractivity contribution in [3.05, 3.63) is 29.6 Å². The van der Waals surface area contributed by atoms with Crippen LogP contribution in [0.5, 0.6) is 0 Å². The molecule has 2 heteroatoms. The van der Waals surface area contributed by atoms with Gasteiger partial charge in [0.25, 0.3) is 0 Å². The molecule has 1 rings (SSSR count). The van der Waals surface area contributed by atoms with Crippen LogP contribution in [0.15, 0.2) is 18.5 Å². The molecule has 0 atom stereocenters. The zero-order valence-electron chi connectivity index (χ0n) is 8.37. The van der Waals surface area contributed by atoms with Crippen molar-refractivity contribution in [2.45, 2.75) is 27.2 Å². The van der Waals surface area contributed by atoms with Crippen LogP contribution in [0.3, 0.4) is 0 Å². The molecule has 1 aromatic rings. The lowest BCUT2D eigenvalue weighted by Crippen LogP contribution is -2.17. The Kier molecular flexibility index (Phi) is 2.81. The molecule has 1 heterocycles. The molecule has 1 aromatic heterocycles. The number of pyridine rings is 1. The van der Waals surface area contributed by atoms with Crippen molar-refractivity contribution in [3.63, 3.8) is 0 Å². The fourth-order valence-electron chi connectivity index (χ4n) is 1.23. The summed E-state index contributed by atoms with van der Waals surface area (Å²) < 4.78 is 0. The minimum atomic E-state index is -0.272. The van der Waals surface area contributed by atoms with Crippen LogP contribution in [0, 0.1) is 12.3 Å². The third kappa shape index (κ3) is 2.65. The van der Waals surface area contributed by atoms with E-state index < -0.39 is 0 Å². The lowest BCUT2D eigenvalue weighted by Gasteiger charge is -2.17. The molecule has 2 nitrogen and oxygen atoms in total. The van der Waals surface area contributed by atoms with Gasteiger partial charge in [0, 0.05) is 17.8 Å². The number of aldehydes is 1. The third-order valence-electron chi connectivity index (χ3n) is 2.10. The van der Waals surface area contributed by atoms with Crippen molar-refractivity contribution in [1.82, 2.24) is 4.98 Å². The molecule has 0 saturated heterocycles. The lowest BCUT2D eigenvalue weighted by atomic mass is 9.86. The maximum absolute atomic E-state index is 10.7. The van der Waals surface area contributed by atoms with E-state index in [4.69, 9.17) is 0 Å². The zero-order chi connectivity index (χ0) is 9.90. The van der Waals surface area contributed by atoms with E-state index in [9.17, 15) is 4.79 Å². The number of carbonyl (C=O) groups is 1. The summed E-state index contributed by atoms with van der Waals surface area (Å²) in [6, 6.07) is 1.97. The Balaban J connectivity index is 2.86. The van der Waals surface area contributed by atoms with Gasteiger partial charge in [0.15, 0.2) is 0 Å². The fourth-order valence-corrected chi connectivity index (χ4v) is 1.23. The first-order chi connectivity index (χ1) is 6.05. The quantitative estimate of drug-likeness (QED) is 0.662. The average molecular weight is 177 g/mol. The number of hydrogen-bond donors (Lipinski definition) is 0. The largest absolute Gasteiger partial charge is 0.303 e. The number of hydrogen-bond acceptors (Lipinski definition) is 2. The van der Waals surface area contributed by atoms with Gasteiger partial charge in [-0.25, -0.2) is 0 Å². The first-order valence-electron chi connectivity index (χ1n) is 4.41. The molecule has 0 aliphatic carbocycles. The molecule has 70 valence electrons. The Hall–Kier alpha value is -1.18. The van der Waals surface area contributed by atoms with Gasteiger partial charge in [-0.3, -0.25) is 4.98 Å². The van der Waals surface area contributed by atoms with Crippen molar-refractivity contribution in [3.8, 4) is 0 Å². The second-order valence-electron chi connectivity index (χ2n) is 4.09. The van der Waals surface area contributed by atoms with Gasteiger partial charge in [0.05, 0.1) is 0 Å². The Morgan fingerprint density at radius 1 is 1.54 bits per heavy atom. The van der Waals surface area contributed by atoms with E-state index in [1.807, 2.05) is 33.0 Å². The van der Waals surface area contributed by atoms with E-state index in [0.29, 0.717) is 0 Å². The molecule has 0 aliphatic rings. The van der Waals surface area contributed by atoms with Gasteiger partial charge in [0.2, 0.25) is 0 Å². The molecule has 0 spiro atoms. The SMILES string of the molecule is Cc1cnccc1CC(C)(C)C=O. The first-order valence-corrected chi connectivity index (χ1v) is 4.41. The van der Waals surface area contributed by atoms with Crippen molar-refractivity contribution in [1.29, 1.82) is 0 Å². The lowest BCUT2D eigenvalue weighted by molar-refractivity contribution is -0.114. The molecule has 0 fully saturated rings. The number of carbonyl (C=O) groups excluding carboxylic acids is 1. The third-order valence-corrected chi connectivity index (χ3v) is 2.10. The number of aromatic nitrogens is 1. The molecule has 0 aromatic carbocycles. The minimum Gasteiger partial charge on any atom is -0.303 e. The molecule has 0 radical (unpaired) electrons. The van der Waals surface area contributed by atoms with Crippen LogP contribution in [-0.2, 0) is 11.2 Å². The molecular weight excluding hydrogens is 162 g/mol. The smallest absolute Gasteiger partial charge is 0.125 e. The number of rotatable bonds is 3. The van der Waals surface area contributed by atoms with Gasteiger partial charge < -0.3 is 4.79 Å². The summed E-state index contributed by atoms with van der Waals surface area (Å²) >= 11 is 0. The highest BCUT2D eigenvalue weighted by Gasteiger charge is 2.17. The molecule has 0 aliphatic heterocycles. The summed E-state index contributed by atoms with van der Waals surface area (Å²) in [5.41, 5.74) is 2.08. The monoisotopic (exact) mass is 177 g/mol. The van der Waals surface area contributed by atoms with Crippen LogP contribution in [0.2, 0.25) is 0 Å². The first kappa shape index (κ1) is 9.90. The van der Waals surface area contributed by atoms with Gasteiger partial charge >= 0.3 is 0 Å². The van der Waals surface area contributed by atoms with E-state index in [2.05, 4.69) is 4.98 Å². The van der Waals surface area contributed by atoms with E-state index in [-0.39, 0.29) is 5.41 Å². The number of nitrogens with zero attached hydrogens (tertiary/aromatic N) is 1. The minimum absolute atomic E-state index is 0.272. The van der Waals surface area contributed by atoms with Gasteiger partial charge in [-0.1, -0.05) is 13.8 Å². The zero-order valence-corrected chi connectivity index (χ0v) is 8.37. The van der Waals surface area contributed by atoms with Crippen LogP contribution in [-0.4, -0.2) is 11.3 Å². The van der Waals surface area contributed by atoms with Crippen LogP contribution >= 0.6 is 0 Å². The summed E-state index contributed by atoms with van der Waals surface area (Å²) in [5, 5.41) is 0. The molecule has 13 heavy (non-hydrogen) atoms. The molecule has 0 unspecified atom stereocenters. The van der Waals surface area contributed by atoms with Gasteiger partial charge in [-0.05, 0) is 30.5 Å². The van der Waals surface area contributed by atoms with Crippen LogP contribution in [0.25, 0.3) is 0 Å². The van der Waals surface area contributed by atoms with Crippen molar-refractivity contribution in [2.75, 3.05) is 0 Å². The highest BCUT2D eigenvalue weighted by molar-refractivity contribution is 5.58. The summed E-state index contributed by atoms with van der Waals surface area (Å²) in [6.45, 7) is 5.91. The van der Waals surface area contributed by atoms with Gasteiger partial charge in [-0.15, -0.1) is 0 Å². The van der Waals surface area contributed by atoms with Crippen molar-refractivity contribution in [2.24, 2.45) is 5.41 Å². The predicted molar refractivity (Wildman–Crippen MR) is 52.5 cm³/mol. The van der Waals surface area contributed by atoms with E-state index >= 15 is 0 Å². The molecule has 0 bridgehead atoms. The fraction of sp³-hybridized carbons (Fsp3) is 0.455. The van der Waals surface area contributed by atoms with E-state index in [1.54, 1.807) is 6.20 Å². The van der Waals surface area contributed by atoms with Gasteiger partial charge in [-0.2, -0.15) is 0 Å². The van der Waals surface area contributed by atoms with Gasteiger partial charge in [0.1, 0.15) is 6.29 Å². The predicted octanol–water partition coefficient (Wildman–Crippen LogP) is 2.16. The van der Waals surface area contributed by atoms with E-state index in [0.717, 1.165) is 18.3 Å². The second-order valence-corrected chi connectivity index (χ2v) is 4.09. The maximum atomic E-state index is 10.7. The highest BCUT2D eigenvalue weighted by Crippen LogP contribution is 2.20. The molecule has 0 saturated carbocycles. The topological polar surface area (TPSA) is 30.0 Å². The second kappa shape index (κ2) is 3.69. The highest BCUT2D eigenvalue weighted by atomic mass is 16.1.